The van der Waals surface area contributed by atoms with Gasteiger partial charge in [0.05, 0.1) is 0 Å². The van der Waals surface area contributed by atoms with Crippen molar-refractivity contribution in [1.29, 1.82) is 0 Å². The van der Waals surface area contributed by atoms with E-state index in [1.165, 1.54) is 173 Å². The highest BCUT2D eigenvalue weighted by Crippen LogP contribution is 2.17. The highest BCUT2D eigenvalue weighted by Gasteiger charge is 2.19. The van der Waals surface area contributed by atoms with Crippen LogP contribution >= 0.6 is 0 Å². The fourth-order valence-corrected chi connectivity index (χ4v) is 9.63. The molecule has 1 atom stereocenters. The zero-order chi connectivity index (χ0) is 58.5. The maximum atomic E-state index is 13.0. The van der Waals surface area contributed by atoms with Crippen LogP contribution in [0.2, 0.25) is 0 Å². The Morgan fingerprint density at radius 2 is 0.481 bits per heavy atom. The quantitative estimate of drug-likeness (QED) is 0.0261. The minimum absolute atomic E-state index is 0.0869. The summed E-state index contributed by atoms with van der Waals surface area (Å²) in [5.74, 6) is -0.910. The van der Waals surface area contributed by atoms with Gasteiger partial charge >= 0.3 is 17.9 Å². The normalized spacial score (nSPS) is 12.8. The average molecular weight is 1130 g/mol. The molecular weight excluding hydrogens is 997 g/mol. The van der Waals surface area contributed by atoms with Gasteiger partial charge in [-0.1, -0.05) is 310 Å². The fraction of sp³-hybridized carbons (Fsp3) is 0.720. The molecule has 0 N–H and O–H groups in total. The molecule has 0 saturated heterocycles. The Morgan fingerprint density at radius 3 is 0.765 bits per heavy atom. The predicted molar refractivity (Wildman–Crippen MR) is 353 cm³/mol. The Hall–Kier alpha value is -3.93. The number of hydrogen-bond donors (Lipinski definition) is 0. The second kappa shape index (κ2) is 68.6. The van der Waals surface area contributed by atoms with Gasteiger partial charge in [-0.3, -0.25) is 14.4 Å². The second-order valence-corrected chi connectivity index (χ2v) is 22.7. The molecule has 0 aliphatic carbocycles. The Balaban J connectivity index is 4.37. The van der Waals surface area contributed by atoms with Crippen molar-refractivity contribution in [2.24, 2.45) is 0 Å². The standard InChI is InChI=1S/C75H128O6/c1-4-7-10-13-16-19-22-25-27-29-31-33-35-37-39-41-43-45-47-50-53-56-59-62-65-68-74(77)80-71-72(70-79-73(76)67-64-61-58-55-52-49-24-21-18-15-12-9-6-3)81-75(78)69-66-63-60-57-54-51-48-46-44-42-40-38-36-34-32-30-28-26-23-20-17-14-11-8-5-2/h7,10,16,19,23,25-27,30-33,37,39,43,45,50,53,72H,4-6,8-9,11-15,17-18,20-22,24,28-29,34-36,38,40-42,44,46-49,51-52,54-71H2,1-3H3/b10-7-,19-16-,26-23-,27-25-,32-30-,33-31-,39-37-,45-43-,53-50-. The highest BCUT2D eigenvalue weighted by atomic mass is 16.6. The molecule has 0 heterocycles. The van der Waals surface area contributed by atoms with Gasteiger partial charge in [-0.2, -0.15) is 0 Å². The van der Waals surface area contributed by atoms with Gasteiger partial charge in [0.1, 0.15) is 13.2 Å². The monoisotopic (exact) mass is 1120 g/mol. The van der Waals surface area contributed by atoms with E-state index in [0.29, 0.717) is 19.3 Å². The van der Waals surface area contributed by atoms with Crippen LogP contribution in [0.1, 0.15) is 329 Å². The third-order valence-electron chi connectivity index (χ3n) is 14.8. The van der Waals surface area contributed by atoms with E-state index in [9.17, 15) is 14.4 Å². The topological polar surface area (TPSA) is 78.9 Å². The molecule has 0 aliphatic rings. The van der Waals surface area contributed by atoms with Gasteiger partial charge in [0, 0.05) is 19.3 Å². The fourth-order valence-electron chi connectivity index (χ4n) is 9.63. The Bertz CT molecular complexity index is 1620. The maximum Gasteiger partial charge on any atom is 0.306 e. The molecule has 0 radical (unpaired) electrons. The number of carbonyl (C=O) groups is 3. The summed E-state index contributed by atoms with van der Waals surface area (Å²) >= 11 is 0. The van der Waals surface area contributed by atoms with Crippen LogP contribution in [0, 0.1) is 0 Å². The van der Waals surface area contributed by atoms with Crippen LogP contribution < -0.4 is 0 Å². The average Bonchev–Trinajstić information content (AvgIpc) is 3.46. The molecule has 6 nitrogen and oxygen atoms in total. The molecule has 81 heavy (non-hydrogen) atoms. The first-order valence-corrected chi connectivity index (χ1v) is 34.4. The van der Waals surface area contributed by atoms with Crippen LogP contribution in [0.15, 0.2) is 109 Å². The van der Waals surface area contributed by atoms with Gasteiger partial charge in [0.2, 0.25) is 0 Å². The zero-order valence-electron chi connectivity index (χ0n) is 53.3. The summed E-state index contributed by atoms with van der Waals surface area (Å²) in [5, 5.41) is 0. The molecule has 0 rings (SSSR count). The molecule has 0 bridgehead atoms. The minimum Gasteiger partial charge on any atom is -0.462 e. The zero-order valence-corrected chi connectivity index (χ0v) is 53.3. The highest BCUT2D eigenvalue weighted by molar-refractivity contribution is 5.71. The van der Waals surface area contributed by atoms with E-state index in [1.807, 2.05) is 0 Å². The summed E-state index contributed by atoms with van der Waals surface area (Å²) in [6.45, 7) is 6.52. The van der Waals surface area contributed by atoms with Crippen molar-refractivity contribution in [2.45, 2.75) is 335 Å². The summed E-state index contributed by atoms with van der Waals surface area (Å²) in [6.07, 6.45) is 93.9. The van der Waals surface area contributed by atoms with E-state index in [-0.39, 0.29) is 31.1 Å². The minimum atomic E-state index is -0.794. The lowest BCUT2D eigenvalue weighted by Gasteiger charge is -2.18. The Labute approximate surface area is 501 Å². The lowest BCUT2D eigenvalue weighted by molar-refractivity contribution is -0.167. The van der Waals surface area contributed by atoms with E-state index in [2.05, 4.69) is 130 Å². The number of allylic oxidation sites excluding steroid dienone is 18. The first-order chi connectivity index (χ1) is 40.0. The molecule has 0 aromatic carbocycles. The van der Waals surface area contributed by atoms with Gasteiger partial charge in [-0.05, 0) is 109 Å². The first kappa shape index (κ1) is 77.1. The molecule has 0 aromatic heterocycles. The van der Waals surface area contributed by atoms with Crippen molar-refractivity contribution in [2.75, 3.05) is 13.2 Å². The molecule has 464 valence electrons. The van der Waals surface area contributed by atoms with Crippen molar-refractivity contribution < 1.29 is 28.6 Å². The largest absolute Gasteiger partial charge is 0.462 e. The number of esters is 3. The molecule has 0 aromatic rings. The SMILES string of the molecule is CC/C=C\C/C=C\C/C=C\C/C=C\C/C=C\C/C=C\C/C=C\CCCCCC(=O)OCC(COC(=O)CCCCCCCCCCCCCCC)OC(=O)CCCCCCCCCCCCCCC/C=C\C/C=C\CCCCCCC. The van der Waals surface area contributed by atoms with Gasteiger partial charge in [0.15, 0.2) is 6.10 Å². The van der Waals surface area contributed by atoms with Crippen molar-refractivity contribution in [3.8, 4) is 0 Å². The molecule has 0 fully saturated rings. The summed E-state index contributed by atoms with van der Waals surface area (Å²) in [5.41, 5.74) is 0. The maximum absolute atomic E-state index is 13.0. The van der Waals surface area contributed by atoms with Crippen molar-refractivity contribution >= 4 is 17.9 Å². The van der Waals surface area contributed by atoms with Crippen LogP contribution in [0.25, 0.3) is 0 Å². The summed E-state index contributed by atoms with van der Waals surface area (Å²) in [7, 11) is 0. The Kier molecular flexibility index (Phi) is 65.2. The first-order valence-electron chi connectivity index (χ1n) is 34.4. The van der Waals surface area contributed by atoms with E-state index in [4.69, 9.17) is 14.2 Å². The molecule has 0 aliphatic heterocycles. The van der Waals surface area contributed by atoms with Crippen LogP contribution in [-0.4, -0.2) is 37.2 Å². The van der Waals surface area contributed by atoms with Crippen molar-refractivity contribution in [1.82, 2.24) is 0 Å². The van der Waals surface area contributed by atoms with E-state index in [0.717, 1.165) is 116 Å². The van der Waals surface area contributed by atoms with Gasteiger partial charge in [-0.15, -0.1) is 0 Å². The van der Waals surface area contributed by atoms with Gasteiger partial charge in [0.25, 0.3) is 0 Å². The molecule has 0 saturated carbocycles. The summed E-state index contributed by atoms with van der Waals surface area (Å²) < 4.78 is 16.9. The lowest BCUT2D eigenvalue weighted by atomic mass is 10.0. The molecule has 6 heteroatoms. The van der Waals surface area contributed by atoms with Gasteiger partial charge in [-0.25, -0.2) is 0 Å². The molecular formula is C75H128O6. The number of ether oxygens (including phenoxy) is 3. The van der Waals surface area contributed by atoms with Crippen LogP contribution in [-0.2, 0) is 28.6 Å². The van der Waals surface area contributed by atoms with Crippen molar-refractivity contribution in [3.63, 3.8) is 0 Å². The summed E-state index contributed by atoms with van der Waals surface area (Å²) in [6, 6.07) is 0. The number of hydrogen-bond acceptors (Lipinski definition) is 6. The predicted octanol–water partition coefficient (Wildman–Crippen LogP) is 23.8. The molecule has 0 amide bonds. The second-order valence-electron chi connectivity index (χ2n) is 22.7. The van der Waals surface area contributed by atoms with E-state index in [1.54, 1.807) is 0 Å². The van der Waals surface area contributed by atoms with Crippen LogP contribution in [0.4, 0.5) is 0 Å². The third kappa shape index (κ3) is 66.8. The lowest BCUT2D eigenvalue weighted by Crippen LogP contribution is -2.30. The smallest absolute Gasteiger partial charge is 0.306 e. The van der Waals surface area contributed by atoms with E-state index >= 15 is 0 Å². The van der Waals surface area contributed by atoms with Crippen LogP contribution in [0.5, 0.6) is 0 Å². The number of unbranched alkanes of at least 4 members (excludes halogenated alkanes) is 33. The van der Waals surface area contributed by atoms with E-state index < -0.39 is 6.10 Å². The number of rotatable bonds is 62. The van der Waals surface area contributed by atoms with Crippen LogP contribution in [0.3, 0.4) is 0 Å². The third-order valence-corrected chi connectivity index (χ3v) is 14.8. The Morgan fingerprint density at radius 1 is 0.259 bits per heavy atom. The molecule has 1 unspecified atom stereocenters. The summed E-state index contributed by atoms with van der Waals surface area (Å²) in [4.78, 5) is 38.4. The number of carbonyl (C=O) groups excluding carboxylic acids is 3. The molecule has 0 spiro atoms. The van der Waals surface area contributed by atoms with Gasteiger partial charge < -0.3 is 14.2 Å². The van der Waals surface area contributed by atoms with Crippen molar-refractivity contribution in [3.05, 3.63) is 109 Å².